The lowest BCUT2D eigenvalue weighted by Crippen LogP contribution is -2.55. The van der Waals surface area contributed by atoms with E-state index in [9.17, 15) is 19.5 Å². The summed E-state index contributed by atoms with van der Waals surface area (Å²) in [6.07, 6.45) is 4.95. The van der Waals surface area contributed by atoms with E-state index in [-0.39, 0.29) is 36.9 Å². The number of likely N-dealkylation sites (tertiary alicyclic amines) is 1. The van der Waals surface area contributed by atoms with Crippen molar-refractivity contribution in [2.75, 3.05) is 19.7 Å². The summed E-state index contributed by atoms with van der Waals surface area (Å²) in [4.78, 5) is 43.4. The van der Waals surface area contributed by atoms with Gasteiger partial charge < -0.3 is 20.0 Å². The van der Waals surface area contributed by atoms with E-state index in [1.165, 1.54) is 11.8 Å². The van der Waals surface area contributed by atoms with E-state index in [0.717, 1.165) is 17.5 Å². The Kier molecular flexibility index (Phi) is 6.78. The Morgan fingerprint density at radius 1 is 1.28 bits per heavy atom. The summed E-state index contributed by atoms with van der Waals surface area (Å²) in [5.74, 6) is -2.89. The average molecular weight is 514 g/mol. The molecule has 2 bridgehead atoms. The molecule has 10 nitrogen and oxygen atoms in total. The van der Waals surface area contributed by atoms with Crippen LogP contribution in [0.1, 0.15) is 32.1 Å². The predicted molar refractivity (Wildman–Crippen MR) is 134 cm³/mol. The number of aliphatic hydroxyl groups excluding tert-OH is 1. The van der Waals surface area contributed by atoms with Crippen LogP contribution in [0.15, 0.2) is 36.9 Å². The fourth-order valence-corrected chi connectivity index (χ4v) is 8.46. The largest absolute Gasteiger partial charge is 0.481 e. The molecule has 3 aliphatic rings. The van der Waals surface area contributed by atoms with E-state index in [4.69, 9.17) is 5.11 Å². The van der Waals surface area contributed by atoms with E-state index in [1.54, 1.807) is 20.6 Å². The number of thioether (sulfide) groups is 1. The Morgan fingerprint density at radius 2 is 2.08 bits per heavy atom. The molecule has 1 aromatic heterocycles. The van der Waals surface area contributed by atoms with Gasteiger partial charge in [0.15, 0.2) is 0 Å². The lowest BCUT2D eigenvalue weighted by molar-refractivity contribution is -0.148. The first kappa shape index (κ1) is 24.8. The number of amides is 2. The first-order chi connectivity index (χ1) is 17.4. The number of aromatic nitrogens is 3. The number of carbonyl (C=O) groups is 3. The fraction of sp³-hybridized carbons (Fsp3) is 0.560. The number of unbranched alkanes of at least 4 members (excludes halogenated alkanes) is 2. The Morgan fingerprint density at radius 3 is 2.83 bits per heavy atom. The highest BCUT2D eigenvalue weighted by Gasteiger charge is 2.73. The summed E-state index contributed by atoms with van der Waals surface area (Å²) >= 11 is 1.53. The Hall–Kier alpha value is -2.92. The molecule has 2 unspecified atom stereocenters. The van der Waals surface area contributed by atoms with Crippen LogP contribution in [0, 0.1) is 11.8 Å². The van der Waals surface area contributed by atoms with Gasteiger partial charge in [-0.15, -0.1) is 23.4 Å². The summed E-state index contributed by atoms with van der Waals surface area (Å²) in [6.45, 7) is 4.66. The molecule has 36 heavy (non-hydrogen) atoms. The van der Waals surface area contributed by atoms with Gasteiger partial charge in [-0.05, 0) is 44.2 Å². The van der Waals surface area contributed by atoms with Gasteiger partial charge in [0, 0.05) is 24.9 Å². The number of hydrogen-bond acceptors (Lipinski definition) is 7. The number of carbonyl (C=O) groups excluding carboxylic acids is 2. The number of aliphatic carboxylic acids is 1. The summed E-state index contributed by atoms with van der Waals surface area (Å²) in [5, 5.41) is 27.4. The van der Waals surface area contributed by atoms with Gasteiger partial charge in [0.25, 0.3) is 0 Å². The van der Waals surface area contributed by atoms with E-state index in [0.29, 0.717) is 32.2 Å². The molecule has 5 atom stereocenters. The van der Waals surface area contributed by atoms with Crippen molar-refractivity contribution < 1.29 is 24.6 Å². The molecule has 0 saturated carbocycles. The molecule has 3 aliphatic heterocycles. The van der Waals surface area contributed by atoms with Crippen LogP contribution >= 0.6 is 11.8 Å². The fourth-order valence-electron chi connectivity index (χ4n) is 6.25. The van der Waals surface area contributed by atoms with Crippen molar-refractivity contribution in [3.05, 3.63) is 36.9 Å². The summed E-state index contributed by atoms with van der Waals surface area (Å²) in [7, 11) is 0. The minimum atomic E-state index is -0.960. The third-order valence-electron chi connectivity index (χ3n) is 7.76. The Bertz CT molecular complexity index is 1190. The molecule has 3 fully saturated rings. The summed E-state index contributed by atoms with van der Waals surface area (Å²) < 4.78 is 0.913. The molecular weight excluding hydrogens is 482 g/mol. The lowest BCUT2D eigenvalue weighted by atomic mass is 9.71. The number of carboxylic acid groups (broad SMARTS) is 1. The quantitative estimate of drug-likeness (QED) is 0.343. The molecule has 192 valence electrons. The van der Waals surface area contributed by atoms with Crippen LogP contribution in [-0.2, 0) is 21.1 Å². The second kappa shape index (κ2) is 9.85. The van der Waals surface area contributed by atoms with Gasteiger partial charge in [0.2, 0.25) is 11.8 Å². The molecule has 3 saturated heterocycles. The van der Waals surface area contributed by atoms with Crippen LogP contribution in [0.5, 0.6) is 0 Å². The van der Waals surface area contributed by atoms with Crippen LogP contribution < -0.4 is 0 Å². The zero-order valence-corrected chi connectivity index (χ0v) is 20.8. The van der Waals surface area contributed by atoms with E-state index < -0.39 is 28.6 Å². The van der Waals surface area contributed by atoms with Crippen molar-refractivity contribution in [3.63, 3.8) is 0 Å². The molecule has 4 heterocycles. The molecule has 1 spiro atoms. The number of hydrogen-bond donors (Lipinski definition) is 2. The lowest BCUT2D eigenvalue weighted by Gasteiger charge is -2.37. The summed E-state index contributed by atoms with van der Waals surface area (Å²) in [5.41, 5.74) is 1.51. The highest BCUT2D eigenvalue weighted by Crippen LogP contribution is 2.66. The van der Waals surface area contributed by atoms with Gasteiger partial charge in [-0.3, -0.25) is 14.4 Å². The van der Waals surface area contributed by atoms with Crippen molar-refractivity contribution in [1.82, 2.24) is 24.8 Å². The predicted octanol–water partition coefficient (Wildman–Crippen LogP) is 1.74. The maximum atomic E-state index is 14.3. The standard InChI is InChI=1S/C25H31N5O5S/c1-2-12-28(15-30-17-9-5-4-8-16(17)26-27-30)23(33)21-25-11-10-18(36-25)19(24(34)35)20(25)22(32)29(21)13-6-3-7-14-31/h2,4-5,8-9,18-21,31H,1,3,6-7,10-15H2,(H,34,35)/t18-,19+,20+,21?,25?/m1/s1. The minimum Gasteiger partial charge on any atom is -0.481 e. The SMILES string of the molecule is C=CCN(Cn1nnc2ccccc21)C(=O)C1N(CCCCCO)C(=O)[C@@H]2[C@@H](C(=O)O)[C@H]3CCC12S3. The number of rotatable bonds is 11. The smallest absolute Gasteiger partial charge is 0.308 e. The van der Waals surface area contributed by atoms with Crippen molar-refractivity contribution >= 4 is 40.6 Å². The maximum absolute atomic E-state index is 14.3. The molecule has 2 amide bonds. The first-order valence-corrected chi connectivity index (χ1v) is 13.3. The first-order valence-electron chi connectivity index (χ1n) is 12.4. The van der Waals surface area contributed by atoms with Crippen molar-refractivity contribution in [2.24, 2.45) is 11.8 Å². The molecule has 5 rings (SSSR count). The number of fused-ring (bicyclic) bond motifs is 2. The Labute approximate surface area is 213 Å². The monoisotopic (exact) mass is 513 g/mol. The topological polar surface area (TPSA) is 129 Å². The highest BCUT2D eigenvalue weighted by molar-refractivity contribution is 8.02. The van der Waals surface area contributed by atoms with Gasteiger partial charge in [-0.1, -0.05) is 23.4 Å². The molecule has 11 heteroatoms. The zero-order chi connectivity index (χ0) is 25.4. The number of carboxylic acids is 1. The summed E-state index contributed by atoms with van der Waals surface area (Å²) in [6, 6.07) is 6.75. The molecule has 1 aromatic carbocycles. The second-order valence-electron chi connectivity index (χ2n) is 9.78. The number of aliphatic hydroxyl groups is 1. The van der Waals surface area contributed by atoms with Crippen molar-refractivity contribution in [1.29, 1.82) is 0 Å². The van der Waals surface area contributed by atoms with Gasteiger partial charge in [0.05, 0.1) is 22.1 Å². The number of nitrogens with zero attached hydrogens (tertiary/aromatic N) is 5. The molecule has 0 aliphatic carbocycles. The third kappa shape index (κ3) is 3.88. The van der Waals surface area contributed by atoms with Crippen molar-refractivity contribution in [2.45, 2.75) is 54.8 Å². The second-order valence-corrected chi connectivity index (χ2v) is 11.4. The molecular formula is C25H31N5O5S. The van der Waals surface area contributed by atoms with Gasteiger partial charge in [-0.2, -0.15) is 0 Å². The van der Waals surface area contributed by atoms with E-state index in [2.05, 4.69) is 16.9 Å². The average Bonchev–Trinajstić information content (AvgIpc) is 3.61. The minimum absolute atomic E-state index is 0.0699. The van der Waals surface area contributed by atoms with Crippen LogP contribution in [0.3, 0.4) is 0 Å². The number of benzene rings is 1. The molecule has 2 aromatic rings. The van der Waals surface area contributed by atoms with Crippen LogP contribution in [0.2, 0.25) is 0 Å². The van der Waals surface area contributed by atoms with Crippen molar-refractivity contribution in [3.8, 4) is 0 Å². The normalized spacial score (nSPS) is 28.6. The van der Waals surface area contributed by atoms with E-state index >= 15 is 0 Å². The van der Waals surface area contributed by atoms with Gasteiger partial charge in [-0.25, -0.2) is 4.68 Å². The maximum Gasteiger partial charge on any atom is 0.308 e. The zero-order valence-electron chi connectivity index (χ0n) is 20.0. The number of para-hydroxylation sites is 1. The van der Waals surface area contributed by atoms with Gasteiger partial charge >= 0.3 is 5.97 Å². The third-order valence-corrected chi connectivity index (χ3v) is 9.71. The van der Waals surface area contributed by atoms with Crippen LogP contribution in [0.25, 0.3) is 11.0 Å². The molecule has 2 N–H and O–H groups in total. The van der Waals surface area contributed by atoms with Crippen LogP contribution in [0.4, 0.5) is 0 Å². The van der Waals surface area contributed by atoms with Gasteiger partial charge in [0.1, 0.15) is 18.2 Å². The van der Waals surface area contributed by atoms with Crippen LogP contribution in [-0.4, -0.2) is 88.5 Å². The molecule has 0 radical (unpaired) electrons. The van der Waals surface area contributed by atoms with E-state index in [1.807, 2.05) is 24.3 Å². The highest BCUT2D eigenvalue weighted by atomic mass is 32.2. The Balaban J connectivity index is 1.48.